The molecule has 0 aliphatic carbocycles. The lowest BCUT2D eigenvalue weighted by molar-refractivity contribution is -0.198. The zero-order valence-corrected chi connectivity index (χ0v) is 12.9. The second kappa shape index (κ2) is 5.81. The van der Waals surface area contributed by atoms with Crippen LogP contribution >= 0.6 is 0 Å². The molecule has 1 N–H and O–H groups in total. The van der Waals surface area contributed by atoms with E-state index in [1.54, 1.807) is 0 Å². The first kappa shape index (κ1) is 14.6. The molecule has 1 amide bonds. The predicted octanol–water partition coefficient (Wildman–Crippen LogP) is 3.35. The lowest BCUT2D eigenvalue weighted by Gasteiger charge is -2.28. The minimum Gasteiger partial charge on any atom is -0.371 e. The minimum absolute atomic E-state index is 0.0698. The van der Waals surface area contributed by atoms with Gasteiger partial charge in [-0.25, -0.2) is 5.06 Å². The molecular weight excluding hydrogens is 276 g/mol. The average Bonchev–Trinajstić information content (AvgIpc) is 2.61. The number of benzene rings is 2. The quantitative estimate of drug-likeness (QED) is 0.944. The standard InChI is InChI=1S/C18H20N2O2/c1-18(2)17(21)20(22-13-14-8-4-3-5-9-14)12-15-10-6-7-11-16(15)19-18/h3-11,19H,12-13H2,1-2H3. The molecule has 1 aliphatic rings. The second-order valence-electron chi connectivity index (χ2n) is 6.01. The van der Waals surface area contributed by atoms with Gasteiger partial charge in [0.2, 0.25) is 0 Å². The van der Waals surface area contributed by atoms with Crippen molar-refractivity contribution < 1.29 is 9.63 Å². The van der Waals surface area contributed by atoms with E-state index in [-0.39, 0.29) is 5.91 Å². The van der Waals surface area contributed by atoms with Crippen molar-refractivity contribution >= 4 is 11.6 Å². The summed E-state index contributed by atoms with van der Waals surface area (Å²) in [5, 5.41) is 4.77. The Morgan fingerprint density at radius 1 is 1.09 bits per heavy atom. The molecule has 0 spiro atoms. The van der Waals surface area contributed by atoms with Gasteiger partial charge in [0.1, 0.15) is 12.1 Å². The number of carbonyl (C=O) groups is 1. The fraction of sp³-hybridized carbons (Fsp3) is 0.278. The third-order valence-corrected chi connectivity index (χ3v) is 3.77. The van der Waals surface area contributed by atoms with Gasteiger partial charge in [0, 0.05) is 5.69 Å². The first-order chi connectivity index (χ1) is 10.6. The number of anilines is 1. The van der Waals surface area contributed by atoms with E-state index in [1.807, 2.05) is 68.4 Å². The number of carbonyl (C=O) groups excluding carboxylic acids is 1. The van der Waals surface area contributed by atoms with E-state index < -0.39 is 5.54 Å². The van der Waals surface area contributed by atoms with Gasteiger partial charge in [0.05, 0.1) is 6.54 Å². The molecular formula is C18H20N2O2. The summed E-state index contributed by atoms with van der Waals surface area (Å²) in [5.41, 5.74) is 2.36. The number of hydrogen-bond acceptors (Lipinski definition) is 3. The number of fused-ring (bicyclic) bond motifs is 1. The van der Waals surface area contributed by atoms with Crippen LogP contribution in [0, 0.1) is 0 Å². The minimum atomic E-state index is -0.705. The van der Waals surface area contributed by atoms with Gasteiger partial charge in [-0.15, -0.1) is 0 Å². The predicted molar refractivity (Wildman–Crippen MR) is 85.9 cm³/mol. The van der Waals surface area contributed by atoms with Gasteiger partial charge in [0.25, 0.3) is 5.91 Å². The molecule has 4 nitrogen and oxygen atoms in total. The molecule has 0 saturated carbocycles. The Balaban J connectivity index is 1.82. The Morgan fingerprint density at radius 2 is 1.77 bits per heavy atom. The molecule has 114 valence electrons. The smallest absolute Gasteiger partial charge is 0.271 e. The molecule has 0 fully saturated rings. The van der Waals surface area contributed by atoms with Crippen LogP contribution < -0.4 is 5.32 Å². The Hall–Kier alpha value is -2.33. The second-order valence-corrected chi connectivity index (χ2v) is 6.01. The Bertz CT molecular complexity index is 668. The number of nitrogens with one attached hydrogen (secondary N) is 1. The fourth-order valence-corrected chi connectivity index (χ4v) is 2.54. The highest BCUT2D eigenvalue weighted by atomic mass is 16.7. The molecule has 0 aromatic heterocycles. The molecule has 22 heavy (non-hydrogen) atoms. The number of hydroxylamine groups is 2. The summed E-state index contributed by atoms with van der Waals surface area (Å²) in [4.78, 5) is 18.5. The molecule has 1 aliphatic heterocycles. The fourth-order valence-electron chi connectivity index (χ4n) is 2.54. The summed E-state index contributed by atoms with van der Waals surface area (Å²) in [6.07, 6.45) is 0. The number of nitrogens with zero attached hydrogens (tertiary/aromatic N) is 1. The molecule has 0 bridgehead atoms. The van der Waals surface area contributed by atoms with Crippen molar-refractivity contribution in [2.45, 2.75) is 32.5 Å². The maximum atomic E-state index is 12.7. The average molecular weight is 296 g/mol. The lowest BCUT2D eigenvalue weighted by atomic mass is 10.0. The van der Waals surface area contributed by atoms with E-state index in [0.29, 0.717) is 13.2 Å². The normalized spacial score (nSPS) is 16.6. The highest BCUT2D eigenvalue weighted by Gasteiger charge is 2.36. The van der Waals surface area contributed by atoms with Crippen LogP contribution in [0.25, 0.3) is 0 Å². The summed E-state index contributed by atoms with van der Waals surface area (Å²) in [5.74, 6) is -0.0698. The van der Waals surface area contributed by atoms with E-state index in [0.717, 1.165) is 16.8 Å². The lowest BCUT2D eigenvalue weighted by Crippen LogP contribution is -2.47. The molecule has 3 rings (SSSR count). The molecule has 4 heteroatoms. The highest BCUT2D eigenvalue weighted by molar-refractivity contribution is 5.89. The van der Waals surface area contributed by atoms with Crippen LogP contribution in [0.4, 0.5) is 5.69 Å². The maximum absolute atomic E-state index is 12.7. The van der Waals surface area contributed by atoms with Crippen molar-refractivity contribution in [1.29, 1.82) is 0 Å². The van der Waals surface area contributed by atoms with E-state index >= 15 is 0 Å². The number of hydrogen-bond donors (Lipinski definition) is 1. The van der Waals surface area contributed by atoms with Crippen molar-refractivity contribution in [2.75, 3.05) is 5.32 Å². The molecule has 2 aromatic carbocycles. The number of rotatable bonds is 3. The summed E-state index contributed by atoms with van der Waals surface area (Å²) >= 11 is 0. The molecule has 0 unspecified atom stereocenters. The molecule has 0 atom stereocenters. The number of para-hydroxylation sites is 1. The van der Waals surface area contributed by atoms with Gasteiger partial charge in [0.15, 0.2) is 0 Å². The van der Waals surface area contributed by atoms with Gasteiger partial charge in [-0.05, 0) is 31.0 Å². The highest BCUT2D eigenvalue weighted by Crippen LogP contribution is 2.27. The van der Waals surface area contributed by atoms with Crippen molar-refractivity contribution in [2.24, 2.45) is 0 Å². The van der Waals surface area contributed by atoms with Crippen LogP contribution in [0.5, 0.6) is 0 Å². The maximum Gasteiger partial charge on any atom is 0.271 e. The Labute approximate surface area is 130 Å². The molecule has 0 radical (unpaired) electrons. The zero-order chi connectivity index (χ0) is 15.6. The largest absolute Gasteiger partial charge is 0.371 e. The van der Waals surface area contributed by atoms with E-state index in [1.165, 1.54) is 5.06 Å². The Morgan fingerprint density at radius 3 is 2.55 bits per heavy atom. The SMILES string of the molecule is CC1(C)Nc2ccccc2CN(OCc2ccccc2)C1=O. The van der Waals surface area contributed by atoms with Crippen LogP contribution in [0.15, 0.2) is 54.6 Å². The first-order valence-electron chi connectivity index (χ1n) is 7.41. The van der Waals surface area contributed by atoms with Crippen LogP contribution in [0.3, 0.4) is 0 Å². The van der Waals surface area contributed by atoms with E-state index in [2.05, 4.69) is 5.32 Å². The van der Waals surface area contributed by atoms with Crippen molar-refractivity contribution in [3.8, 4) is 0 Å². The summed E-state index contributed by atoms with van der Waals surface area (Å²) in [6, 6.07) is 17.8. The van der Waals surface area contributed by atoms with Gasteiger partial charge in [-0.3, -0.25) is 9.63 Å². The monoisotopic (exact) mass is 296 g/mol. The van der Waals surface area contributed by atoms with Crippen LogP contribution in [-0.4, -0.2) is 16.5 Å². The van der Waals surface area contributed by atoms with Crippen LogP contribution in [0.2, 0.25) is 0 Å². The summed E-state index contributed by atoms with van der Waals surface area (Å²) in [7, 11) is 0. The van der Waals surface area contributed by atoms with Crippen molar-refractivity contribution in [3.63, 3.8) is 0 Å². The summed E-state index contributed by atoms with van der Waals surface area (Å²) < 4.78 is 0. The van der Waals surface area contributed by atoms with Crippen LogP contribution in [0.1, 0.15) is 25.0 Å². The van der Waals surface area contributed by atoms with E-state index in [4.69, 9.17) is 4.84 Å². The third kappa shape index (κ3) is 2.97. The van der Waals surface area contributed by atoms with Crippen molar-refractivity contribution in [3.05, 3.63) is 65.7 Å². The Kier molecular flexibility index (Phi) is 3.86. The molecule has 1 heterocycles. The van der Waals surface area contributed by atoms with Gasteiger partial charge in [-0.1, -0.05) is 48.5 Å². The third-order valence-electron chi connectivity index (χ3n) is 3.77. The van der Waals surface area contributed by atoms with Gasteiger partial charge < -0.3 is 5.32 Å². The first-order valence-corrected chi connectivity index (χ1v) is 7.41. The zero-order valence-electron chi connectivity index (χ0n) is 12.9. The van der Waals surface area contributed by atoms with Gasteiger partial charge >= 0.3 is 0 Å². The molecule has 0 saturated heterocycles. The summed E-state index contributed by atoms with van der Waals surface area (Å²) in [6.45, 7) is 4.57. The molecule has 2 aromatic rings. The van der Waals surface area contributed by atoms with Gasteiger partial charge in [-0.2, -0.15) is 0 Å². The van der Waals surface area contributed by atoms with Crippen molar-refractivity contribution in [1.82, 2.24) is 5.06 Å². The van der Waals surface area contributed by atoms with E-state index in [9.17, 15) is 4.79 Å². The van der Waals surface area contributed by atoms with Crippen LogP contribution in [-0.2, 0) is 22.8 Å². The topological polar surface area (TPSA) is 41.6 Å². The number of amides is 1.